The molecular weight excluding hydrogens is 1150 g/mol. The van der Waals surface area contributed by atoms with Gasteiger partial charge in [-0.2, -0.15) is 0 Å². The second-order valence-corrected chi connectivity index (χ2v) is 19.7. The molecule has 0 aliphatic heterocycles. The molecule has 0 atom stereocenters. The first kappa shape index (κ1) is 63.1. The van der Waals surface area contributed by atoms with Crippen LogP contribution in [0.15, 0.2) is 182 Å². The van der Waals surface area contributed by atoms with E-state index in [0.29, 0.717) is 36.2 Å². The molecule has 0 amide bonds. The van der Waals surface area contributed by atoms with Crippen molar-refractivity contribution in [2.45, 2.75) is 117 Å². The third-order valence-corrected chi connectivity index (χ3v) is 14.1. The van der Waals surface area contributed by atoms with Crippen molar-refractivity contribution in [2.24, 2.45) is 0 Å². The predicted octanol–water partition coefficient (Wildman–Crippen LogP) is 19.9. The number of phenols is 2. The Balaban J connectivity index is 0.000000217. The van der Waals surface area contributed by atoms with Crippen molar-refractivity contribution in [3.05, 3.63) is 220 Å². The number of aromatic nitrogens is 2. The van der Waals surface area contributed by atoms with E-state index in [1.807, 2.05) is 12.1 Å². The summed E-state index contributed by atoms with van der Waals surface area (Å²) in [5.74, 6) is 1.43. The van der Waals surface area contributed by atoms with Crippen LogP contribution in [0, 0.1) is 26.5 Å². The normalized spacial score (nSPS) is 10.7. The molecule has 0 spiro atoms. The van der Waals surface area contributed by atoms with Gasteiger partial charge in [0.1, 0.15) is 34.6 Å². The van der Waals surface area contributed by atoms with E-state index >= 15 is 0 Å². The van der Waals surface area contributed by atoms with Crippen molar-refractivity contribution >= 4 is 43.6 Å². The summed E-state index contributed by atoms with van der Waals surface area (Å²) in [7, 11) is 0. The molecule has 0 bridgehead atoms. The molecule has 9 heteroatoms. The molecule has 0 radical (unpaired) electrons. The molecule has 0 saturated carbocycles. The number of phenolic OH excluding ortho intramolecular Hbond substituents is 2. The van der Waals surface area contributed by atoms with Crippen LogP contribution in [0.3, 0.4) is 0 Å². The van der Waals surface area contributed by atoms with Crippen LogP contribution in [0.5, 0.6) is 23.0 Å². The van der Waals surface area contributed by atoms with Gasteiger partial charge in [-0.05, 0) is 147 Å². The summed E-state index contributed by atoms with van der Waals surface area (Å²) in [4.78, 5) is 0. The fourth-order valence-electron chi connectivity index (χ4n) is 10.0. The Bertz CT molecular complexity index is 3040. The maximum absolute atomic E-state index is 12.7. The second-order valence-electron chi connectivity index (χ2n) is 19.7. The average molecular weight is 1230 g/mol. The van der Waals surface area contributed by atoms with E-state index in [1.165, 1.54) is 134 Å². The van der Waals surface area contributed by atoms with Gasteiger partial charge in [-0.15, -0.1) is 0 Å². The van der Waals surface area contributed by atoms with Crippen LogP contribution in [-0.2, 0) is 38.7 Å². The summed E-state index contributed by atoms with van der Waals surface area (Å²) in [5, 5.41) is 26.2. The summed E-state index contributed by atoms with van der Waals surface area (Å²) in [5.41, 5.74) is 8.88. The third kappa shape index (κ3) is 17.4. The molecule has 8 aromatic carbocycles. The number of hydrogen-bond donors (Lipinski definition) is 2. The predicted molar refractivity (Wildman–Crippen MR) is 325 cm³/mol. The van der Waals surface area contributed by atoms with Crippen molar-refractivity contribution in [1.29, 1.82) is 0 Å². The quantitative estimate of drug-likeness (QED) is 0.0380. The van der Waals surface area contributed by atoms with Crippen molar-refractivity contribution < 1.29 is 54.3 Å². The van der Waals surface area contributed by atoms with E-state index in [9.17, 15) is 19.0 Å². The summed E-state index contributed by atoms with van der Waals surface area (Å²) < 4.78 is 40.6. The summed E-state index contributed by atoms with van der Waals surface area (Å²) >= 11 is 0. The Morgan fingerprint density at radius 2 is 0.671 bits per heavy atom. The van der Waals surface area contributed by atoms with Gasteiger partial charge in [0.25, 0.3) is 0 Å². The second kappa shape index (κ2) is 33.0. The number of aryl methyl sites for hydroxylation is 2. The van der Waals surface area contributed by atoms with Gasteiger partial charge in [0, 0.05) is 47.4 Å². The third-order valence-electron chi connectivity index (χ3n) is 14.1. The Labute approximate surface area is 487 Å². The van der Waals surface area contributed by atoms with Crippen LogP contribution >= 0.6 is 0 Å². The fourth-order valence-corrected chi connectivity index (χ4v) is 10.0. The maximum atomic E-state index is 12.7. The number of ether oxygens (including phenoxy) is 2. The topological polar surface area (TPSA) is 68.8 Å². The first-order chi connectivity index (χ1) is 37.3. The molecule has 10 aromatic rings. The zero-order valence-electron chi connectivity index (χ0n) is 46.9. The molecule has 0 aliphatic carbocycles. The first-order valence-corrected chi connectivity index (χ1v) is 27.7. The molecule has 0 aliphatic rings. The summed E-state index contributed by atoms with van der Waals surface area (Å²) in [6.07, 6.45) is 19.4. The smallest absolute Gasteiger partial charge is 0.139 e. The molecule has 0 saturated heterocycles. The van der Waals surface area contributed by atoms with E-state index in [1.54, 1.807) is 24.3 Å². The number of rotatable bonds is 23. The molecular formula is C70H80F2HfN2O4-2. The molecule has 2 aromatic heterocycles. The van der Waals surface area contributed by atoms with Gasteiger partial charge in [0.2, 0.25) is 0 Å². The molecule has 2 N–H and O–H groups in total. The Morgan fingerprint density at radius 1 is 0.367 bits per heavy atom. The van der Waals surface area contributed by atoms with Crippen molar-refractivity contribution in [2.75, 3.05) is 13.2 Å². The Kier molecular flexibility index (Phi) is 26.4. The van der Waals surface area contributed by atoms with Gasteiger partial charge in [0.15, 0.2) is 0 Å². The summed E-state index contributed by atoms with van der Waals surface area (Å²) in [6.45, 7) is 5.62. The van der Waals surface area contributed by atoms with Crippen molar-refractivity contribution in [3.63, 3.8) is 0 Å². The molecule has 2 heterocycles. The van der Waals surface area contributed by atoms with Crippen LogP contribution in [0.4, 0.5) is 8.78 Å². The van der Waals surface area contributed by atoms with Crippen LogP contribution in [-0.4, -0.2) is 32.6 Å². The molecule has 10 rings (SSSR count). The number of fused-ring (bicyclic) bond motifs is 6. The first-order valence-electron chi connectivity index (χ1n) is 27.7. The number of hydrogen-bond acceptors (Lipinski definition) is 4. The van der Waals surface area contributed by atoms with E-state index in [2.05, 4.69) is 144 Å². The number of halogens is 2. The van der Waals surface area contributed by atoms with Gasteiger partial charge in [-0.25, -0.2) is 8.78 Å². The van der Waals surface area contributed by atoms with Crippen LogP contribution in [0.2, 0.25) is 0 Å². The van der Waals surface area contributed by atoms with Gasteiger partial charge in [0.05, 0.1) is 46.7 Å². The minimum absolute atomic E-state index is 0. The SMILES string of the molecule is CCCCCCCCc1ccc(O)c(-n2c3ccccc3c3ccccc32)c1.CCCCCCCCc1ccc(O)c(-n2c3ccccc3c3ccccc32)c1.Fc1ccc(OCCCCOc2ccc(F)cc2)cc1.[CH3-].[CH3-].[Hf]. The van der Waals surface area contributed by atoms with Gasteiger partial charge < -0.3 is 43.7 Å². The monoisotopic (exact) mass is 1230 g/mol. The summed E-state index contributed by atoms with van der Waals surface area (Å²) in [6, 6.07) is 57.8. The van der Waals surface area contributed by atoms with Crippen molar-refractivity contribution in [1.82, 2.24) is 9.13 Å². The van der Waals surface area contributed by atoms with E-state index in [-0.39, 0.29) is 52.3 Å². The average Bonchev–Trinajstić information content (AvgIpc) is 4.16. The molecule has 0 fully saturated rings. The number of benzene rings is 8. The van der Waals surface area contributed by atoms with Gasteiger partial charge >= 0.3 is 0 Å². The largest absolute Gasteiger partial charge is 0.506 e. The van der Waals surface area contributed by atoms with Gasteiger partial charge in [-0.1, -0.05) is 163 Å². The number of nitrogens with zero attached hydrogens (tertiary/aromatic N) is 2. The minimum Gasteiger partial charge on any atom is -0.506 e. The van der Waals surface area contributed by atoms with Crippen molar-refractivity contribution in [3.8, 4) is 34.4 Å². The van der Waals surface area contributed by atoms with Crippen LogP contribution in [0.25, 0.3) is 55.0 Å². The fraction of sp³-hybridized carbons (Fsp3) is 0.286. The van der Waals surface area contributed by atoms with E-state index < -0.39 is 0 Å². The maximum Gasteiger partial charge on any atom is 0.139 e. The number of unbranched alkanes of at least 4 members (excludes halogenated alkanes) is 11. The zero-order chi connectivity index (χ0) is 52.9. The Morgan fingerprint density at radius 3 is 1.00 bits per heavy atom. The number of para-hydroxylation sites is 4. The molecule has 79 heavy (non-hydrogen) atoms. The van der Waals surface area contributed by atoms with Crippen LogP contribution < -0.4 is 9.47 Å². The molecule has 6 nitrogen and oxygen atoms in total. The van der Waals surface area contributed by atoms with E-state index in [4.69, 9.17) is 9.47 Å². The minimum atomic E-state index is -0.273. The Hall–Kier alpha value is -6.71. The van der Waals surface area contributed by atoms with Gasteiger partial charge in [-0.3, -0.25) is 0 Å². The van der Waals surface area contributed by atoms with Crippen LogP contribution in [0.1, 0.15) is 115 Å². The zero-order valence-corrected chi connectivity index (χ0v) is 50.5. The van der Waals surface area contributed by atoms with E-state index in [0.717, 1.165) is 59.1 Å². The standard InChI is InChI=1S/2C26H29NO.C16H16F2O2.2CH3.Hf/c2*1-2-3-4-5-6-7-12-20-17-18-26(28)25(19-20)27-23-15-10-8-13-21(23)22-14-9-11-16-24(22)27;17-13-3-7-15(8-4-13)19-11-1-2-12-20-16-9-5-14(18)6-10-16;;;/h2*8-11,13-19,28H,2-7,12H2,1H3;3-10H,1-2,11-12H2;2*1H3;/q;;;2*-1;. The molecule has 414 valence electrons. The molecule has 0 unspecified atom stereocenters. The number of aromatic hydroxyl groups is 2.